The molecule has 1 atom stereocenters. The Morgan fingerprint density at radius 1 is 1.35 bits per heavy atom. The zero-order valence-electron chi connectivity index (χ0n) is 9.61. The third-order valence-corrected chi connectivity index (χ3v) is 3.19. The van der Waals surface area contributed by atoms with Crippen molar-refractivity contribution in [3.05, 3.63) is 42.5 Å². The third kappa shape index (κ3) is 2.34. The van der Waals surface area contributed by atoms with E-state index in [2.05, 4.69) is 26.3 Å². The first kappa shape index (κ1) is 10.4. The molecular weight excluding hydrogens is 214 g/mol. The highest BCUT2D eigenvalue weighted by Crippen LogP contribution is 2.21. The predicted molar refractivity (Wildman–Crippen MR) is 63.2 cm³/mol. The van der Waals surface area contributed by atoms with Gasteiger partial charge in [-0.2, -0.15) is 0 Å². The molecule has 0 radical (unpaired) electrons. The highest BCUT2D eigenvalue weighted by Gasteiger charge is 2.24. The van der Waals surface area contributed by atoms with Gasteiger partial charge in [0.15, 0.2) is 0 Å². The molecule has 17 heavy (non-hydrogen) atoms. The second-order valence-electron chi connectivity index (χ2n) is 4.42. The highest BCUT2D eigenvalue weighted by molar-refractivity contribution is 5.08. The molecule has 1 fully saturated rings. The molecule has 0 amide bonds. The predicted octanol–water partition coefficient (Wildman–Crippen LogP) is 1.12. The van der Waals surface area contributed by atoms with E-state index in [0.717, 1.165) is 26.1 Å². The van der Waals surface area contributed by atoms with Gasteiger partial charge in [0, 0.05) is 38.2 Å². The van der Waals surface area contributed by atoms with Crippen LogP contribution >= 0.6 is 0 Å². The third-order valence-electron chi connectivity index (χ3n) is 3.19. The van der Waals surface area contributed by atoms with Crippen molar-refractivity contribution in [1.82, 2.24) is 24.9 Å². The van der Waals surface area contributed by atoms with Crippen LogP contribution in [0.5, 0.6) is 0 Å². The Bertz CT molecular complexity index is 453. The zero-order valence-corrected chi connectivity index (χ0v) is 9.61. The van der Waals surface area contributed by atoms with Gasteiger partial charge in [0.2, 0.25) is 0 Å². The molecule has 5 heteroatoms. The SMILES string of the molecule is c1cncc(CN2CCC(n3ccnn3)C2)c1. The summed E-state index contributed by atoms with van der Waals surface area (Å²) in [6.45, 7) is 3.12. The molecule has 1 aliphatic rings. The van der Waals surface area contributed by atoms with Crippen LogP contribution in [0.4, 0.5) is 0 Å². The molecule has 0 bridgehead atoms. The van der Waals surface area contributed by atoms with Gasteiger partial charge in [-0.15, -0.1) is 5.10 Å². The van der Waals surface area contributed by atoms with Gasteiger partial charge >= 0.3 is 0 Å². The fraction of sp³-hybridized carbons (Fsp3) is 0.417. The van der Waals surface area contributed by atoms with Gasteiger partial charge < -0.3 is 0 Å². The summed E-state index contributed by atoms with van der Waals surface area (Å²) in [4.78, 5) is 6.58. The van der Waals surface area contributed by atoms with Crippen molar-refractivity contribution >= 4 is 0 Å². The lowest BCUT2D eigenvalue weighted by molar-refractivity contribution is 0.310. The molecule has 0 aromatic carbocycles. The number of aromatic nitrogens is 4. The first-order chi connectivity index (χ1) is 8.42. The average Bonchev–Trinajstić information content (AvgIpc) is 3.00. The molecule has 2 aromatic heterocycles. The van der Waals surface area contributed by atoms with Crippen LogP contribution in [0, 0.1) is 0 Å². The summed E-state index contributed by atoms with van der Waals surface area (Å²) in [7, 11) is 0. The molecular formula is C12H15N5. The first-order valence-electron chi connectivity index (χ1n) is 5.89. The molecule has 0 saturated carbocycles. The Morgan fingerprint density at radius 3 is 3.12 bits per heavy atom. The van der Waals surface area contributed by atoms with Crippen molar-refractivity contribution in [3.63, 3.8) is 0 Å². The summed E-state index contributed by atoms with van der Waals surface area (Å²) in [5.41, 5.74) is 1.27. The van der Waals surface area contributed by atoms with Crippen molar-refractivity contribution in [1.29, 1.82) is 0 Å². The summed E-state index contributed by atoms with van der Waals surface area (Å²) in [6, 6.07) is 4.57. The van der Waals surface area contributed by atoms with Gasteiger partial charge in [-0.3, -0.25) is 9.88 Å². The molecule has 3 heterocycles. The van der Waals surface area contributed by atoms with Crippen LogP contribution in [0.2, 0.25) is 0 Å². The Hall–Kier alpha value is -1.75. The van der Waals surface area contributed by atoms with Crippen LogP contribution in [0.3, 0.4) is 0 Å². The van der Waals surface area contributed by atoms with Gasteiger partial charge in [-0.25, -0.2) is 4.68 Å². The van der Waals surface area contributed by atoms with E-state index >= 15 is 0 Å². The summed E-state index contributed by atoms with van der Waals surface area (Å²) in [5, 5.41) is 7.93. The first-order valence-corrected chi connectivity index (χ1v) is 5.89. The Kier molecular flexibility index (Phi) is 2.83. The normalized spacial score (nSPS) is 20.8. The van der Waals surface area contributed by atoms with Crippen molar-refractivity contribution in [3.8, 4) is 0 Å². The van der Waals surface area contributed by atoms with Gasteiger partial charge in [0.1, 0.15) is 0 Å². The van der Waals surface area contributed by atoms with Crippen LogP contribution in [0.25, 0.3) is 0 Å². The van der Waals surface area contributed by atoms with Gasteiger partial charge in [0.25, 0.3) is 0 Å². The van der Waals surface area contributed by atoms with E-state index < -0.39 is 0 Å². The van der Waals surface area contributed by atoms with E-state index in [1.54, 1.807) is 6.20 Å². The Balaban J connectivity index is 1.61. The van der Waals surface area contributed by atoms with Crippen LogP contribution < -0.4 is 0 Å². The molecule has 5 nitrogen and oxygen atoms in total. The molecule has 88 valence electrons. The minimum Gasteiger partial charge on any atom is -0.297 e. The lowest BCUT2D eigenvalue weighted by Crippen LogP contribution is -2.21. The van der Waals surface area contributed by atoms with E-state index in [1.807, 2.05) is 29.3 Å². The Labute approximate surface area is 100 Å². The quantitative estimate of drug-likeness (QED) is 0.791. The number of hydrogen-bond acceptors (Lipinski definition) is 4. The van der Waals surface area contributed by atoms with E-state index in [9.17, 15) is 0 Å². The number of rotatable bonds is 3. The van der Waals surface area contributed by atoms with Gasteiger partial charge in [-0.1, -0.05) is 11.3 Å². The van der Waals surface area contributed by atoms with Gasteiger partial charge in [0.05, 0.1) is 12.2 Å². The van der Waals surface area contributed by atoms with Crippen LogP contribution in [0.1, 0.15) is 18.0 Å². The van der Waals surface area contributed by atoms with E-state index in [1.165, 1.54) is 5.56 Å². The standard InChI is InChI=1S/C12H15N5/c1-2-11(8-13-4-1)9-16-6-3-12(10-16)17-7-5-14-15-17/h1-2,4-5,7-8,12H,3,6,9-10H2. The summed E-state index contributed by atoms with van der Waals surface area (Å²) < 4.78 is 1.96. The lowest BCUT2D eigenvalue weighted by Gasteiger charge is -2.15. The zero-order chi connectivity index (χ0) is 11.5. The number of likely N-dealkylation sites (tertiary alicyclic amines) is 1. The van der Waals surface area contributed by atoms with Crippen molar-refractivity contribution in [2.75, 3.05) is 13.1 Å². The van der Waals surface area contributed by atoms with Crippen LogP contribution in [-0.4, -0.2) is 38.0 Å². The minimum atomic E-state index is 0.467. The fourth-order valence-corrected chi connectivity index (χ4v) is 2.33. The monoisotopic (exact) mass is 229 g/mol. The number of nitrogens with zero attached hydrogens (tertiary/aromatic N) is 5. The maximum Gasteiger partial charge on any atom is 0.0693 e. The van der Waals surface area contributed by atoms with Crippen LogP contribution in [-0.2, 0) is 6.54 Å². The topological polar surface area (TPSA) is 46.8 Å². The smallest absolute Gasteiger partial charge is 0.0693 e. The van der Waals surface area contributed by atoms with E-state index in [-0.39, 0.29) is 0 Å². The largest absolute Gasteiger partial charge is 0.297 e. The molecule has 1 unspecified atom stereocenters. The number of pyridine rings is 1. The molecule has 0 spiro atoms. The minimum absolute atomic E-state index is 0.467. The molecule has 0 N–H and O–H groups in total. The van der Waals surface area contributed by atoms with E-state index in [4.69, 9.17) is 0 Å². The maximum absolute atomic E-state index is 4.14. The summed E-state index contributed by atoms with van der Waals surface area (Å²) in [6.07, 6.45) is 8.57. The molecule has 2 aromatic rings. The van der Waals surface area contributed by atoms with Gasteiger partial charge in [-0.05, 0) is 18.1 Å². The second-order valence-corrected chi connectivity index (χ2v) is 4.42. The van der Waals surface area contributed by atoms with Crippen molar-refractivity contribution in [2.45, 2.75) is 19.0 Å². The fourth-order valence-electron chi connectivity index (χ4n) is 2.33. The molecule has 1 aliphatic heterocycles. The number of hydrogen-bond donors (Lipinski definition) is 0. The summed E-state index contributed by atoms with van der Waals surface area (Å²) in [5.74, 6) is 0. The van der Waals surface area contributed by atoms with Crippen molar-refractivity contribution < 1.29 is 0 Å². The average molecular weight is 229 g/mol. The second kappa shape index (κ2) is 4.63. The molecule has 3 rings (SSSR count). The summed E-state index contributed by atoms with van der Waals surface area (Å²) >= 11 is 0. The molecule has 0 aliphatic carbocycles. The Morgan fingerprint density at radius 2 is 2.35 bits per heavy atom. The maximum atomic E-state index is 4.14. The highest BCUT2D eigenvalue weighted by atomic mass is 15.4. The lowest BCUT2D eigenvalue weighted by atomic mass is 10.2. The van der Waals surface area contributed by atoms with Crippen molar-refractivity contribution in [2.24, 2.45) is 0 Å². The molecule has 1 saturated heterocycles. The van der Waals surface area contributed by atoms with Crippen LogP contribution in [0.15, 0.2) is 36.9 Å². The van der Waals surface area contributed by atoms with E-state index in [0.29, 0.717) is 6.04 Å².